The summed E-state index contributed by atoms with van der Waals surface area (Å²) in [6.07, 6.45) is 2.18. The third-order valence-electron chi connectivity index (χ3n) is 6.84. The fraction of sp³-hybridized carbons (Fsp3) is 0.750. The zero-order chi connectivity index (χ0) is 21.5. The van der Waals surface area contributed by atoms with Crippen LogP contribution in [0.2, 0.25) is 0 Å². The largest absolute Gasteiger partial charge is 0.342 e. The summed E-state index contributed by atoms with van der Waals surface area (Å²) in [5.74, 6) is -0.640. The maximum atomic E-state index is 6.52. The molecule has 0 aliphatic carbocycles. The lowest BCUT2D eigenvalue weighted by Gasteiger charge is -2.37. The number of nitrogens with zero attached hydrogens (tertiary/aromatic N) is 1. The van der Waals surface area contributed by atoms with Gasteiger partial charge in [0.1, 0.15) is 18.3 Å². The van der Waals surface area contributed by atoms with Crippen LogP contribution in [-0.4, -0.2) is 60.0 Å². The average molecular weight is 419 g/mol. The fourth-order valence-corrected chi connectivity index (χ4v) is 5.40. The van der Waals surface area contributed by atoms with Crippen molar-refractivity contribution in [2.24, 2.45) is 5.73 Å². The Hall–Kier alpha value is -1.02. The number of ether oxygens (including phenoxy) is 4. The predicted octanol–water partition coefficient (Wildman–Crippen LogP) is 3.60. The zero-order valence-corrected chi connectivity index (χ0v) is 19.0. The molecule has 8 atom stereocenters. The van der Waals surface area contributed by atoms with Crippen molar-refractivity contribution in [2.75, 3.05) is 6.54 Å². The van der Waals surface area contributed by atoms with Crippen molar-refractivity contribution in [3.8, 4) is 0 Å². The lowest BCUT2D eigenvalue weighted by Crippen LogP contribution is -2.53. The van der Waals surface area contributed by atoms with Gasteiger partial charge < -0.3 is 24.7 Å². The molecule has 3 unspecified atom stereocenters. The summed E-state index contributed by atoms with van der Waals surface area (Å²) in [6.45, 7) is 11.5. The van der Waals surface area contributed by atoms with Crippen molar-refractivity contribution in [3.05, 3.63) is 35.9 Å². The quantitative estimate of drug-likeness (QED) is 0.730. The molecule has 3 fully saturated rings. The SMILES string of the molecule is CCC(O[C@H]1O[C@H]([C@H](C)N2CCCC2C(C)N)[C@@H]2OC(C)(C)O[C@H]12)c1ccccc1. The summed E-state index contributed by atoms with van der Waals surface area (Å²) in [6, 6.07) is 11.0. The van der Waals surface area contributed by atoms with Crippen LogP contribution < -0.4 is 5.73 Å². The molecule has 2 N–H and O–H groups in total. The van der Waals surface area contributed by atoms with Gasteiger partial charge in [0.25, 0.3) is 0 Å². The molecule has 168 valence electrons. The molecule has 3 aliphatic rings. The summed E-state index contributed by atoms with van der Waals surface area (Å²) in [7, 11) is 0. The highest BCUT2D eigenvalue weighted by molar-refractivity contribution is 5.17. The molecular formula is C24H38N2O4. The number of hydrogen-bond donors (Lipinski definition) is 1. The molecule has 6 nitrogen and oxygen atoms in total. The normalized spacial score (nSPS) is 36.5. The minimum atomic E-state index is -0.640. The van der Waals surface area contributed by atoms with E-state index in [1.165, 1.54) is 6.42 Å². The average Bonchev–Trinajstić information content (AvgIpc) is 3.40. The third-order valence-corrected chi connectivity index (χ3v) is 6.84. The van der Waals surface area contributed by atoms with E-state index in [-0.39, 0.29) is 36.5 Å². The van der Waals surface area contributed by atoms with Gasteiger partial charge in [-0.1, -0.05) is 37.3 Å². The monoisotopic (exact) mass is 418 g/mol. The maximum absolute atomic E-state index is 6.52. The van der Waals surface area contributed by atoms with Gasteiger partial charge in [-0.15, -0.1) is 0 Å². The number of likely N-dealkylation sites (tertiary alicyclic amines) is 1. The van der Waals surface area contributed by atoms with Crippen molar-refractivity contribution >= 4 is 0 Å². The molecule has 0 aromatic heterocycles. The second kappa shape index (κ2) is 8.85. The van der Waals surface area contributed by atoms with Crippen LogP contribution in [0.25, 0.3) is 0 Å². The second-order valence-electron chi connectivity index (χ2n) is 9.52. The standard InChI is InChI=1S/C24H38N2O4/c1-6-19(17-11-8-7-9-12-17)27-23-22-21(29-24(4,5)30-22)20(28-23)16(3)26-14-10-13-18(26)15(2)25/h7-9,11-12,15-16,18-23H,6,10,13-14,25H2,1-5H3/t15?,16-,18?,19?,20+,21-,22-,23-/m0/s1. The predicted molar refractivity (Wildman–Crippen MR) is 116 cm³/mol. The minimum Gasteiger partial charge on any atom is -0.342 e. The van der Waals surface area contributed by atoms with Crippen LogP contribution >= 0.6 is 0 Å². The first-order chi connectivity index (χ1) is 14.3. The lowest BCUT2D eigenvalue weighted by molar-refractivity contribution is -0.251. The Morgan fingerprint density at radius 2 is 1.87 bits per heavy atom. The van der Waals surface area contributed by atoms with Crippen LogP contribution in [-0.2, 0) is 18.9 Å². The second-order valence-corrected chi connectivity index (χ2v) is 9.52. The maximum Gasteiger partial charge on any atom is 0.187 e. The van der Waals surface area contributed by atoms with Crippen LogP contribution in [0, 0.1) is 0 Å². The van der Waals surface area contributed by atoms with E-state index in [2.05, 4.69) is 37.8 Å². The Kier molecular flexibility index (Phi) is 6.54. The zero-order valence-electron chi connectivity index (χ0n) is 19.0. The number of rotatable bonds is 7. The van der Waals surface area contributed by atoms with Gasteiger partial charge >= 0.3 is 0 Å². The number of hydrogen-bond acceptors (Lipinski definition) is 6. The lowest BCUT2D eigenvalue weighted by atomic mass is 10.0. The first-order valence-electron chi connectivity index (χ1n) is 11.5. The Labute approximate surface area is 181 Å². The van der Waals surface area contributed by atoms with E-state index in [0.29, 0.717) is 6.04 Å². The first-order valence-corrected chi connectivity index (χ1v) is 11.5. The molecule has 0 bridgehead atoms. The third kappa shape index (κ3) is 4.31. The van der Waals surface area contributed by atoms with Gasteiger partial charge in [0, 0.05) is 18.1 Å². The van der Waals surface area contributed by atoms with Crippen molar-refractivity contribution in [2.45, 2.75) is 108 Å². The molecule has 0 radical (unpaired) electrons. The molecule has 4 rings (SSSR count). The Morgan fingerprint density at radius 1 is 1.17 bits per heavy atom. The van der Waals surface area contributed by atoms with Gasteiger partial charge in [0.15, 0.2) is 12.1 Å². The summed E-state index contributed by atoms with van der Waals surface area (Å²) >= 11 is 0. The van der Waals surface area contributed by atoms with E-state index in [0.717, 1.165) is 24.9 Å². The Balaban J connectivity index is 1.53. The van der Waals surface area contributed by atoms with Crippen LogP contribution in [0.5, 0.6) is 0 Å². The molecule has 0 saturated carbocycles. The molecule has 1 aromatic rings. The molecule has 0 spiro atoms. The first kappa shape index (κ1) is 22.2. The number of nitrogens with two attached hydrogens (primary N) is 1. The van der Waals surface area contributed by atoms with Gasteiger partial charge in [-0.25, -0.2) is 0 Å². The summed E-state index contributed by atoms with van der Waals surface area (Å²) in [4.78, 5) is 2.50. The molecule has 3 heterocycles. The highest BCUT2D eigenvalue weighted by atomic mass is 16.8. The topological polar surface area (TPSA) is 66.2 Å². The van der Waals surface area contributed by atoms with E-state index >= 15 is 0 Å². The van der Waals surface area contributed by atoms with Crippen LogP contribution in [0.1, 0.15) is 65.5 Å². The van der Waals surface area contributed by atoms with Crippen LogP contribution in [0.15, 0.2) is 30.3 Å². The van der Waals surface area contributed by atoms with E-state index in [1.807, 2.05) is 32.0 Å². The Bertz CT molecular complexity index is 698. The van der Waals surface area contributed by atoms with E-state index in [1.54, 1.807) is 0 Å². The summed E-state index contributed by atoms with van der Waals surface area (Å²) in [5, 5.41) is 0. The van der Waals surface area contributed by atoms with Crippen LogP contribution in [0.3, 0.4) is 0 Å². The molecule has 3 aliphatic heterocycles. The molecule has 30 heavy (non-hydrogen) atoms. The summed E-state index contributed by atoms with van der Waals surface area (Å²) < 4.78 is 25.6. The highest BCUT2D eigenvalue weighted by Gasteiger charge is 2.58. The smallest absolute Gasteiger partial charge is 0.187 e. The van der Waals surface area contributed by atoms with Gasteiger partial charge in [0.05, 0.1) is 6.10 Å². The van der Waals surface area contributed by atoms with Crippen LogP contribution in [0.4, 0.5) is 0 Å². The van der Waals surface area contributed by atoms with Gasteiger partial charge in [0.2, 0.25) is 0 Å². The van der Waals surface area contributed by atoms with E-state index in [4.69, 9.17) is 24.7 Å². The molecule has 1 aromatic carbocycles. The minimum absolute atomic E-state index is 0.0400. The van der Waals surface area contributed by atoms with E-state index < -0.39 is 12.1 Å². The Morgan fingerprint density at radius 3 is 2.53 bits per heavy atom. The van der Waals surface area contributed by atoms with Crippen molar-refractivity contribution in [1.82, 2.24) is 4.90 Å². The molecule has 3 saturated heterocycles. The number of fused-ring (bicyclic) bond motifs is 1. The highest BCUT2D eigenvalue weighted by Crippen LogP contribution is 2.43. The van der Waals surface area contributed by atoms with Crippen molar-refractivity contribution < 1.29 is 18.9 Å². The fourth-order valence-electron chi connectivity index (χ4n) is 5.40. The van der Waals surface area contributed by atoms with Gasteiger partial charge in [-0.05, 0) is 59.1 Å². The van der Waals surface area contributed by atoms with Gasteiger partial charge in [-0.2, -0.15) is 0 Å². The molecular weight excluding hydrogens is 380 g/mol. The number of benzene rings is 1. The summed E-state index contributed by atoms with van der Waals surface area (Å²) in [5.41, 5.74) is 7.45. The van der Waals surface area contributed by atoms with Crippen molar-refractivity contribution in [1.29, 1.82) is 0 Å². The van der Waals surface area contributed by atoms with Gasteiger partial charge in [-0.3, -0.25) is 4.90 Å². The van der Waals surface area contributed by atoms with Crippen molar-refractivity contribution in [3.63, 3.8) is 0 Å². The molecule has 6 heteroatoms. The van der Waals surface area contributed by atoms with E-state index in [9.17, 15) is 0 Å². The molecule has 0 amide bonds.